The van der Waals surface area contributed by atoms with E-state index in [1.54, 1.807) is 18.3 Å². The van der Waals surface area contributed by atoms with Crippen molar-refractivity contribution in [1.29, 1.82) is 0 Å². The van der Waals surface area contributed by atoms with E-state index in [9.17, 15) is 18.4 Å². The molecule has 0 aliphatic carbocycles. The lowest BCUT2D eigenvalue weighted by atomic mass is 10.1. The quantitative estimate of drug-likeness (QED) is 0.488. The van der Waals surface area contributed by atoms with Gasteiger partial charge >= 0.3 is 0 Å². The minimum Gasteiger partial charge on any atom is -0.348 e. The van der Waals surface area contributed by atoms with Gasteiger partial charge in [-0.3, -0.25) is 9.59 Å². The van der Waals surface area contributed by atoms with Gasteiger partial charge in [0.15, 0.2) is 11.6 Å². The molecule has 0 atom stereocenters. The predicted octanol–water partition coefficient (Wildman–Crippen LogP) is 3.87. The van der Waals surface area contributed by atoms with Gasteiger partial charge in [0.1, 0.15) is 11.4 Å². The van der Waals surface area contributed by atoms with E-state index in [-0.39, 0.29) is 18.7 Å². The number of aryl methyl sites for hydroxylation is 1. The second kappa shape index (κ2) is 9.52. The highest BCUT2D eigenvalue weighted by Crippen LogP contribution is 2.14. The maximum Gasteiger partial charge on any atom is 0.263 e. The van der Waals surface area contributed by atoms with Gasteiger partial charge in [-0.15, -0.1) is 0 Å². The Morgan fingerprint density at radius 1 is 1.12 bits per heavy atom. The van der Waals surface area contributed by atoms with Gasteiger partial charge in [0.05, 0.1) is 12.1 Å². The first-order chi connectivity index (χ1) is 15.9. The minimum absolute atomic E-state index is 0.0161. The van der Waals surface area contributed by atoms with Crippen LogP contribution < -0.4 is 10.9 Å². The monoisotopic (exact) mass is 446 g/mol. The number of fused-ring (bicyclic) bond motifs is 1. The molecule has 0 spiro atoms. The molecule has 0 saturated heterocycles. The van der Waals surface area contributed by atoms with Gasteiger partial charge in [-0.1, -0.05) is 24.3 Å². The lowest BCUT2D eigenvalue weighted by Crippen LogP contribution is -2.33. The summed E-state index contributed by atoms with van der Waals surface area (Å²) in [6.07, 6.45) is 6.88. The van der Waals surface area contributed by atoms with Crippen LogP contribution in [0.1, 0.15) is 27.3 Å². The smallest absolute Gasteiger partial charge is 0.263 e. The Balaban J connectivity index is 1.41. The average Bonchev–Trinajstić information content (AvgIpc) is 2.80. The number of carbonyl (C=O) groups excluding carboxylic acids is 1. The van der Waals surface area contributed by atoms with Crippen LogP contribution in [0.25, 0.3) is 17.0 Å². The Hall–Kier alpha value is -4.20. The fraction of sp³-hybridized carbons (Fsp3) is 0.120. The van der Waals surface area contributed by atoms with E-state index >= 15 is 0 Å². The van der Waals surface area contributed by atoms with Crippen molar-refractivity contribution in [3.63, 3.8) is 0 Å². The Bertz CT molecular complexity index is 1430. The molecule has 0 fully saturated rings. The second-order valence-corrected chi connectivity index (χ2v) is 7.45. The third-order valence-electron chi connectivity index (χ3n) is 5.02. The molecule has 1 amide bonds. The van der Waals surface area contributed by atoms with Crippen LogP contribution in [-0.4, -0.2) is 27.0 Å². The van der Waals surface area contributed by atoms with Crippen molar-refractivity contribution >= 4 is 22.9 Å². The van der Waals surface area contributed by atoms with Crippen LogP contribution in [0, 0.1) is 18.6 Å². The first kappa shape index (κ1) is 22.0. The van der Waals surface area contributed by atoms with Gasteiger partial charge in [-0.25, -0.2) is 18.7 Å². The second-order valence-electron chi connectivity index (χ2n) is 7.45. The zero-order valence-electron chi connectivity index (χ0n) is 17.8. The maximum atomic E-state index is 13.4. The van der Waals surface area contributed by atoms with Crippen LogP contribution in [0.2, 0.25) is 0 Å². The summed E-state index contributed by atoms with van der Waals surface area (Å²) in [7, 11) is 0. The Morgan fingerprint density at radius 2 is 1.97 bits per heavy atom. The molecular weight excluding hydrogens is 426 g/mol. The van der Waals surface area contributed by atoms with Crippen LogP contribution in [0.4, 0.5) is 8.78 Å². The summed E-state index contributed by atoms with van der Waals surface area (Å²) in [5, 5.41) is 3.60. The molecule has 0 radical (unpaired) electrons. The lowest BCUT2D eigenvalue weighted by molar-refractivity contribution is 0.0956. The number of nitrogens with zero attached hydrogens (tertiary/aromatic N) is 3. The van der Waals surface area contributed by atoms with Crippen molar-refractivity contribution in [3.8, 4) is 0 Å². The van der Waals surface area contributed by atoms with Gasteiger partial charge in [-0.05, 0) is 54.4 Å². The average molecular weight is 446 g/mol. The number of carbonyl (C=O) groups is 1. The third kappa shape index (κ3) is 5.17. The van der Waals surface area contributed by atoms with Crippen molar-refractivity contribution in [3.05, 3.63) is 112 Å². The van der Waals surface area contributed by atoms with Gasteiger partial charge in [-0.2, -0.15) is 0 Å². The van der Waals surface area contributed by atoms with Crippen molar-refractivity contribution in [2.45, 2.75) is 13.5 Å². The van der Waals surface area contributed by atoms with Gasteiger partial charge in [0.2, 0.25) is 0 Å². The highest BCUT2D eigenvalue weighted by atomic mass is 19.2. The van der Waals surface area contributed by atoms with Gasteiger partial charge in [0.25, 0.3) is 11.5 Å². The van der Waals surface area contributed by atoms with Crippen molar-refractivity contribution < 1.29 is 13.6 Å². The van der Waals surface area contributed by atoms with Crippen LogP contribution >= 0.6 is 0 Å². The number of benzene rings is 2. The summed E-state index contributed by atoms with van der Waals surface area (Å²) in [5.41, 5.74) is 1.64. The van der Waals surface area contributed by atoms with E-state index in [1.807, 2.05) is 31.2 Å². The van der Waals surface area contributed by atoms with Crippen molar-refractivity contribution in [1.82, 2.24) is 19.9 Å². The molecule has 8 heteroatoms. The van der Waals surface area contributed by atoms with Gasteiger partial charge < -0.3 is 9.88 Å². The molecule has 2 aromatic heterocycles. The van der Waals surface area contributed by atoms with Crippen LogP contribution in [0.5, 0.6) is 0 Å². The van der Waals surface area contributed by atoms with Crippen molar-refractivity contribution in [2.75, 3.05) is 6.54 Å². The zero-order chi connectivity index (χ0) is 23.4. The molecular formula is C25H20F2N4O2. The minimum atomic E-state index is -0.990. The number of pyridine rings is 1. The summed E-state index contributed by atoms with van der Waals surface area (Å²) in [6, 6.07) is 12.2. The van der Waals surface area contributed by atoms with E-state index in [1.165, 1.54) is 22.9 Å². The standard InChI is InChI=1S/C25H20F2N4O2/c1-16-29-14-19-12-17(7-9-23(19)30-16)4-2-10-28-24(32)20-5-3-11-31(25(20)33)15-18-6-8-21(26)22(27)13-18/h2-9,11-14H,10,15H2,1H3,(H,28,32)/b4-2+. The highest BCUT2D eigenvalue weighted by molar-refractivity contribution is 5.93. The Kier molecular flexibility index (Phi) is 6.35. The number of halogens is 2. The topological polar surface area (TPSA) is 76.9 Å². The van der Waals surface area contributed by atoms with Crippen LogP contribution in [0.3, 0.4) is 0 Å². The first-order valence-corrected chi connectivity index (χ1v) is 10.2. The number of aromatic nitrogens is 3. The number of nitrogens with one attached hydrogen (secondary N) is 1. The molecule has 0 unspecified atom stereocenters. The molecule has 2 aromatic carbocycles. The third-order valence-corrected chi connectivity index (χ3v) is 5.02. The predicted molar refractivity (Wildman–Crippen MR) is 122 cm³/mol. The molecule has 6 nitrogen and oxygen atoms in total. The normalized spacial score (nSPS) is 11.2. The maximum absolute atomic E-state index is 13.4. The number of amides is 1. The number of hydrogen-bond donors (Lipinski definition) is 1. The molecule has 166 valence electrons. The summed E-state index contributed by atoms with van der Waals surface area (Å²) >= 11 is 0. The molecule has 4 rings (SSSR count). The molecule has 1 N–H and O–H groups in total. The zero-order valence-corrected chi connectivity index (χ0v) is 17.8. The molecule has 0 aliphatic rings. The largest absolute Gasteiger partial charge is 0.348 e. The van der Waals surface area contributed by atoms with Crippen molar-refractivity contribution in [2.24, 2.45) is 0 Å². The molecule has 2 heterocycles. The lowest BCUT2D eigenvalue weighted by Gasteiger charge is -2.09. The molecule has 0 bridgehead atoms. The fourth-order valence-corrected chi connectivity index (χ4v) is 3.36. The van der Waals surface area contributed by atoms with E-state index in [2.05, 4.69) is 15.3 Å². The fourth-order valence-electron chi connectivity index (χ4n) is 3.36. The van der Waals surface area contributed by atoms with E-state index in [0.717, 1.165) is 28.6 Å². The van der Waals surface area contributed by atoms with E-state index < -0.39 is 23.1 Å². The Morgan fingerprint density at radius 3 is 2.79 bits per heavy atom. The van der Waals surface area contributed by atoms with Crippen LogP contribution in [0.15, 0.2) is 71.8 Å². The SMILES string of the molecule is Cc1ncc2cc(/C=C/CNC(=O)c3cccn(Cc4ccc(F)c(F)c4)c3=O)ccc2n1. The number of rotatable bonds is 6. The Labute approximate surface area is 188 Å². The molecule has 33 heavy (non-hydrogen) atoms. The first-order valence-electron chi connectivity index (χ1n) is 10.2. The molecule has 0 aliphatic heterocycles. The summed E-state index contributed by atoms with van der Waals surface area (Å²) in [4.78, 5) is 33.7. The molecule has 0 saturated carbocycles. The van der Waals surface area contributed by atoms with Gasteiger partial charge in [0, 0.05) is 24.3 Å². The summed E-state index contributed by atoms with van der Waals surface area (Å²) in [5.74, 6) is -1.76. The van der Waals surface area contributed by atoms with Crippen LogP contribution in [-0.2, 0) is 6.54 Å². The van der Waals surface area contributed by atoms with E-state index in [4.69, 9.17) is 0 Å². The summed E-state index contributed by atoms with van der Waals surface area (Å²) in [6.45, 7) is 2.07. The summed E-state index contributed by atoms with van der Waals surface area (Å²) < 4.78 is 27.8. The number of hydrogen-bond acceptors (Lipinski definition) is 4. The highest BCUT2D eigenvalue weighted by Gasteiger charge is 2.12. The molecule has 4 aromatic rings. The van der Waals surface area contributed by atoms with E-state index in [0.29, 0.717) is 11.4 Å².